The molecule has 18 heavy (non-hydrogen) atoms. The van der Waals surface area contributed by atoms with E-state index in [1.165, 1.54) is 6.20 Å². The van der Waals surface area contributed by atoms with E-state index in [1.807, 2.05) is 0 Å². The Bertz CT molecular complexity index is 555. The molecule has 0 fully saturated rings. The number of carbonyl (C=O) groups is 1. The highest BCUT2D eigenvalue weighted by atomic mass is 35.5. The molecule has 0 aliphatic heterocycles. The van der Waals surface area contributed by atoms with Gasteiger partial charge in [-0.1, -0.05) is 29.3 Å². The maximum Gasteiger partial charge on any atom is 0.168 e. The topological polar surface area (TPSA) is 39.2 Å². The number of nitrogens with zero attached hydrogens (tertiary/aromatic N) is 1. The molecule has 0 aliphatic carbocycles. The highest BCUT2D eigenvalue weighted by Gasteiger charge is 2.03. The third-order valence-corrected chi connectivity index (χ3v) is 2.88. The minimum absolute atomic E-state index is 0.318. The maximum absolute atomic E-state index is 10.4. The van der Waals surface area contributed by atoms with Crippen LogP contribution in [0.4, 0.5) is 0 Å². The molecule has 1 aromatic carbocycles. The van der Waals surface area contributed by atoms with Crippen LogP contribution < -0.4 is 4.74 Å². The Morgan fingerprint density at radius 2 is 2.06 bits per heavy atom. The molecule has 0 radical (unpaired) electrons. The van der Waals surface area contributed by atoms with Crippen LogP contribution in [0.3, 0.4) is 0 Å². The maximum atomic E-state index is 10.4. The standard InChI is InChI=1S/C13H9Cl2NO2/c14-10-2-1-9(13(15)5-10)8-18-12-4-3-11(7-17)16-6-12/h1-7H,8H2. The number of hydrogen-bond acceptors (Lipinski definition) is 3. The van der Waals surface area contributed by atoms with Gasteiger partial charge >= 0.3 is 0 Å². The summed E-state index contributed by atoms with van der Waals surface area (Å²) in [5.74, 6) is 0.576. The summed E-state index contributed by atoms with van der Waals surface area (Å²) in [4.78, 5) is 14.3. The SMILES string of the molecule is O=Cc1ccc(OCc2ccc(Cl)cc2Cl)cn1. The number of halogens is 2. The van der Waals surface area contributed by atoms with E-state index < -0.39 is 0 Å². The van der Waals surface area contributed by atoms with E-state index in [9.17, 15) is 4.79 Å². The lowest BCUT2D eigenvalue weighted by Gasteiger charge is -2.07. The Hall–Kier alpha value is -1.58. The third-order valence-electron chi connectivity index (χ3n) is 2.29. The first-order chi connectivity index (χ1) is 8.69. The molecule has 3 nitrogen and oxygen atoms in total. The Labute approximate surface area is 114 Å². The van der Waals surface area contributed by atoms with Crippen molar-refractivity contribution >= 4 is 29.5 Å². The summed E-state index contributed by atoms with van der Waals surface area (Å²) in [6, 6.07) is 8.49. The highest BCUT2D eigenvalue weighted by Crippen LogP contribution is 2.22. The molecule has 0 N–H and O–H groups in total. The summed E-state index contributed by atoms with van der Waals surface area (Å²) in [5.41, 5.74) is 1.20. The van der Waals surface area contributed by atoms with Gasteiger partial charge in [0.05, 0.1) is 6.20 Å². The highest BCUT2D eigenvalue weighted by molar-refractivity contribution is 6.35. The molecular weight excluding hydrogens is 273 g/mol. The number of benzene rings is 1. The monoisotopic (exact) mass is 281 g/mol. The van der Waals surface area contributed by atoms with Gasteiger partial charge in [0, 0.05) is 15.6 Å². The Morgan fingerprint density at radius 3 is 2.67 bits per heavy atom. The van der Waals surface area contributed by atoms with Crippen LogP contribution in [0.15, 0.2) is 36.5 Å². The Kier molecular flexibility index (Phi) is 4.18. The lowest BCUT2D eigenvalue weighted by Crippen LogP contribution is -1.97. The van der Waals surface area contributed by atoms with E-state index in [-0.39, 0.29) is 0 Å². The van der Waals surface area contributed by atoms with E-state index in [2.05, 4.69) is 4.98 Å². The van der Waals surface area contributed by atoms with Crippen molar-refractivity contribution in [2.24, 2.45) is 0 Å². The van der Waals surface area contributed by atoms with Gasteiger partial charge < -0.3 is 4.74 Å². The van der Waals surface area contributed by atoms with Crippen LogP contribution in [0.1, 0.15) is 16.1 Å². The van der Waals surface area contributed by atoms with Crippen molar-refractivity contribution in [3.05, 3.63) is 57.8 Å². The van der Waals surface area contributed by atoms with Crippen LogP contribution >= 0.6 is 23.2 Å². The zero-order valence-electron chi connectivity index (χ0n) is 9.27. The zero-order chi connectivity index (χ0) is 13.0. The fourth-order valence-electron chi connectivity index (χ4n) is 1.35. The number of ether oxygens (including phenoxy) is 1. The molecule has 2 aromatic rings. The molecule has 1 aromatic heterocycles. The molecule has 5 heteroatoms. The average Bonchev–Trinajstić information content (AvgIpc) is 2.38. The van der Waals surface area contributed by atoms with Crippen LogP contribution in [0, 0.1) is 0 Å². The van der Waals surface area contributed by atoms with Crippen molar-refractivity contribution in [2.75, 3.05) is 0 Å². The van der Waals surface area contributed by atoms with Crippen LogP contribution in [0.5, 0.6) is 5.75 Å². The van der Waals surface area contributed by atoms with E-state index >= 15 is 0 Å². The molecule has 92 valence electrons. The fraction of sp³-hybridized carbons (Fsp3) is 0.0769. The van der Waals surface area contributed by atoms with Gasteiger partial charge in [-0.2, -0.15) is 0 Å². The molecule has 0 saturated carbocycles. The van der Waals surface area contributed by atoms with Gasteiger partial charge in [-0.05, 0) is 24.3 Å². The molecule has 0 amide bonds. The first kappa shape index (κ1) is 12.9. The predicted octanol–water partition coefficient (Wildman–Crippen LogP) is 3.78. The fourth-order valence-corrected chi connectivity index (χ4v) is 1.81. The molecule has 0 unspecified atom stereocenters. The normalized spacial score (nSPS) is 10.1. The van der Waals surface area contributed by atoms with Crippen molar-refractivity contribution < 1.29 is 9.53 Å². The first-order valence-corrected chi connectivity index (χ1v) is 5.92. The number of hydrogen-bond donors (Lipinski definition) is 0. The molecule has 0 bridgehead atoms. The second-order valence-corrected chi connectivity index (χ2v) is 4.40. The summed E-state index contributed by atoms with van der Waals surface area (Å²) >= 11 is 11.8. The lowest BCUT2D eigenvalue weighted by atomic mass is 10.2. The minimum atomic E-state index is 0.318. The van der Waals surface area contributed by atoms with E-state index in [0.29, 0.717) is 34.4 Å². The van der Waals surface area contributed by atoms with Gasteiger partial charge in [-0.15, -0.1) is 0 Å². The second-order valence-electron chi connectivity index (χ2n) is 3.56. The van der Waals surface area contributed by atoms with Crippen molar-refractivity contribution in [1.29, 1.82) is 0 Å². The first-order valence-electron chi connectivity index (χ1n) is 5.17. The van der Waals surface area contributed by atoms with Gasteiger partial charge in [0.1, 0.15) is 18.1 Å². The quantitative estimate of drug-likeness (QED) is 0.801. The van der Waals surface area contributed by atoms with Crippen molar-refractivity contribution in [2.45, 2.75) is 6.61 Å². The van der Waals surface area contributed by atoms with Crippen molar-refractivity contribution in [3.8, 4) is 5.75 Å². The largest absolute Gasteiger partial charge is 0.487 e. The lowest BCUT2D eigenvalue weighted by molar-refractivity contribution is 0.111. The van der Waals surface area contributed by atoms with Crippen LogP contribution in [0.25, 0.3) is 0 Å². The van der Waals surface area contributed by atoms with Crippen molar-refractivity contribution in [1.82, 2.24) is 4.98 Å². The number of carbonyl (C=O) groups excluding carboxylic acids is 1. The van der Waals surface area contributed by atoms with E-state index in [0.717, 1.165) is 5.56 Å². The smallest absolute Gasteiger partial charge is 0.168 e. The van der Waals surface area contributed by atoms with E-state index in [4.69, 9.17) is 27.9 Å². The Balaban J connectivity index is 2.04. The number of rotatable bonds is 4. The van der Waals surface area contributed by atoms with Gasteiger partial charge in [-0.3, -0.25) is 4.79 Å². The number of pyridine rings is 1. The predicted molar refractivity (Wildman–Crippen MR) is 70.4 cm³/mol. The average molecular weight is 282 g/mol. The zero-order valence-corrected chi connectivity index (χ0v) is 10.8. The van der Waals surface area contributed by atoms with Gasteiger partial charge in [0.25, 0.3) is 0 Å². The van der Waals surface area contributed by atoms with Crippen LogP contribution in [-0.2, 0) is 6.61 Å². The summed E-state index contributed by atoms with van der Waals surface area (Å²) in [7, 11) is 0. The van der Waals surface area contributed by atoms with E-state index in [1.54, 1.807) is 30.3 Å². The molecule has 0 saturated heterocycles. The third kappa shape index (κ3) is 3.22. The minimum Gasteiger partial charge on any atom is -0.487 e. The van der Waals surface area contributed by atoms with Crippen molar-refractivity contribution in [3.63, 3.8) is 0 Å². The number of aldehydes is 1. The molecule has 0 spiro atoms. The summed E-state index contributed by atoms with van der Waals surface area (Å²) in [5, 5.41) is 1.14. The molecule has 0 atom stereocenters. The molecule has 1 heterocycles. The van der Waals surface area contributed by atoms with Gasteiger partial charge in [0.2, 0.25) is 0 Å². The second kappa shape index (κ2) is 5.85. The summed E-state index contributed by atoms with van der Waals surface area (Å²) in [6.45, 7) is 0.318. The van der Waals surface area contributed by atoms with Crippen LogP contribution in [-0.4, -0.2) is 11.3 Å². The number of aromatic nitrogens is 1. The Morgan fingerprint density at radius 1 is 1.22 bits per heavy atom. The molecular formula is C13H9Cl2NO2. The summed E-state index contributed by atoms with van der Waals surface area (Å²) < 4.78 is 5.51. The summed E-state index contributed by atoms with van der Waals surface area (Å²) in [6.07, 6.45) is 2.17. The van der Waals surface area contributed by atoms with Crippen LogP contribution in [0.2, 0.25) is 10.0 Å². The molecule has 2 rings (SSSR count). The van der Waals surface area contributed by atoms with Gasteiger partial charge in [0.15, 0.2) is 6.29 Å². The molecule has 0 aliphatic rings. The van der Waals surface area contributed by atoms with Gasteiger partial charge in [-0.25, -0.2) is 4.98 Å².